The normalized spacial score (nSPS) is 26.1. The molecule has 0 radical (unpaired) electrons. The van der Waals surface area contributed by atoms with Gasteiger partial charge in [-0.05, 0) is 117 Å². The summed E-state index contributed by atoms with van der Waals surface area (Å²) in [6.07, 6.45) is 10.0. The van der Waals surface area contributed by atoms with Crippen LogP contribution in [0.25, 0.3) is 0 Å². The molecule has 3 aliphatic heterocycles. The second kappa shape index (κ2) is 13.4. The number of hydrogen-bond acceptors (Lipinski definition) is 4. The monoisotopic (exact) mass is 663 g/mol. The van der Waals surface area contributed by atoms with Gasteiger partial charge < -0.3 is 14.2 Å². The minimum atomic E-state index is -2.61. The van der Waals surface area contributed by atoms with Crippen LogP contribution >= 0.6 is 0 Å². The van der Waals surface area contributed by atoms with Gasteiger partial charge in [-0.3, -0.25) is 9.69 Å². The molecule has 0 N–H and O–H groups in total. The summed E-state index contributed by atoms with van der Waals surface area (Å²) in [6.45, 7) is 16.0. The van der Waals surface area contributed by atoms with E-state index in [0.29, 0.717) is 5.91 Å². The molecule has 3 heterocycles. The fourth-order valence-electron chi connectivity index (χ4n) is 9.81. The smallest absolute Gasteiger partial charge is 0.261 e. The van der Waals surface area contributed by atoms with Gasteiger partial charge in [0.05, 0.1) is 5.41 Å². The van der Waals surface area contributed by atoms with Gasteiger partial charge in [0, 0.05) is 49.2 Å². The van der Waals surface area contributed by atoms with E-state index in [1.54, 1.807) is 0 Å². The molecule has 3 aromatic carbocycles. The number of carbonyl (C=O) groups excluding carboxylic acids is 1. The Morgan fingerprint density at radius 2 is 1.40 bits per heavy atom. The van der Waals surface area contributed by atoms with Gasteiger partial charge in [-0.15, -0.1) is 0 Å². The fraction of sp³-hybridized carbons (Fsp3) is 0.548. The van der Waals surface area contributed by atoms with Crippen molar-refractivity contribution in [3.63, 3.8) is 0 Å². The molecule has 48 heavy (non-hydrogen) atoms. The first-order valence-electron chi connectivity index (χ1n) is 18.8. The Morgan fingerprint density at radius 1 is 0.771 bits per heavy atom. The molecule has 4 aliphatic rings. The molecule has 1 atom stereocenters. The number of likely N-dealkylation sites (tertiary alicyclic amines) is 1. The number of nitrogens with zero attached hydrogens (tertiary/aromatic N) is 3. The standard InChI is InChI=1S/C42H57N3O2Si/c1-32-31-35(43-28-22-34(23-29-43)44-27-12-13-33(44)2)18-19-39(32)45-30-26-42(40(45)46)24-20-36(21-25-42)47-48(41(3,4)5,37-14-8-6-9-15-37)38-16-10-7-11-17-38/h6-11,14-19,31,33-34,36H,12-13,20-30H2,1-5H3. The molecule has 3 saturated heterocycles. The maximum Gasteiger partial charge on any atom is 0.261 e. The maximum absolute atomic E-state index is 14.3. The zero-order valence-electron chi connectivity index (χ0n) is 30.1. The Labute approximate surface area is 290 Å². The molecule has 1 spiro atoms. The summed E-state index contributed by atoms with van der Waals surface area (Å²) in [7, 11) is -2.61. The first-order chi connectivity index (χ1) is 23.1. The highest BCUT2D eigenvalue weighted by molar-refractivity contribution is 6.99. The number of amides is 1. The molecular formula is C42H57N3O2Si. The van der Waals surface area contributed by atoms with Crippen LogP contribution in [-0.4, -0.2) is 63.5 Å². The minimum Gasteiger partial charge on any atom is -0.404 e. The fourth-order valence-corrected chi connectivity index (χ4v) is 14.6. The first kappa shape index (κ1) is 33.6. The Balaban J connectivity index is 1.02. The van der Waals surface area contributed by atoms with Gasteiger partial charge in [-0.2, -0.15) is 0 Å². The van der Waals surface area contributed by atoms with Crippen molar-refractivity contribution in [2.24, 2.45) is 5.41 Å². The molecule has 1 saturated carbocycles. The number of rotatable bonds is 7. The van der Waals surface area contributed by atoms with Crippen molar-refractivity contribution in [3.05, 3.63) is 84.4 Å². The lowest BCUT2D eigenvalue weighted by Crippen LogP contribution is -2.68. The van der Waals surface area contributed by atoms with E-state index in [0.717, 1.165) is 69.5 Å². The molecule has 6 heteroatoms. The average Bonchev–Trinajstić information content (AvgIpc) is 3.67. The van der Waals surface area contributed by atoms with Crippen LogP contribution in [0.15, 0.2) is 78.9 Å². The largest absolute Gasteiger partial charge is 0.404 e. The van der Waals surface area contributed by atoms with Gasteiger partial charge in [-0.25, -0.2) is 0 Å². The van der Waals surface area contributed by atoms with Gasteiger partial charge in [-0.1, -0.05) is 81.4 Å². The highest BCUT2D eigenvalue weighted by Gasteiger charge is 2.54. The molecule has 5 nitrogen and oxygen atoms in total. The number of carbonyl (C=O) groups is 1. The van der Waals surface area contributed by atoms with Crippen LogP contribution < -0.4 is 20.2 Å². The Hall–Kier alpha value is -2.93. The van der Waals surface area contributed by atoms with E-state index >= 15 is 0 Å². The van der Waals surface area contributed by atoms with Crippen LogP contribution in [0.2, 0.25) is 5.04 Å². The summed E-state index contributed by atoms with van der Waals surface area (Å²) in [4.78, 5) is 21.7. The van der Waals surface area contributed by atoms with Crippen molar-refractivity contribution < 1.29 is 9.22 Å². The summed E-state index contributed by atoms with van der Waals surface area (Å²) in [5.41, 5.74) is 3.38. The molecule has 1 unspecified atom stereocenters. The van der Waals surface area contributed by atoms with Crippen LogP contribution in [0, 0.1) is 12.3 Å². The summed E-state index contributed by atoms with van der Waals surface area (Å²) >= 11 is 0. The Bertz CT molecular complexity index is 1520. The summed E-state index contributed by atoms with van der Waals surface area (Å²) in [6, 6.07) is 30.3. The number of benzene rings is 3. The van der Waals surface area contributed by atoms with Crippen LogP contribution in [0.5, 0.6) is 0 Å². The van der Waals surface area contributed by atoms with Gasteiger partial charge >= 0.3 is 0 Å². The van der Waals surface area contributed by atoms with E-state index in [4.69, 9.17) is 4.43 Å². The molecule has 3 aromatic rings. The van der Waals surface area contributed by atoms with E-state index in [9.17, 15) is 4.79 Å². The van der Waals surface area contributed by atoms with E-state index in [2.05, 4.69) is 128 Å². The SMILES string of the molecule is Cc1cc(N2CCC(N3CCCC3C)CC2)ccc1N1CCC2(CCC(O[Si](c3ccccc3)(c3ccccc3)C(C)(C)C)CC2)C1=O. The maximum atomic E-state index is 14.3. The zero-order valence-corrected chi connectivity index (χ0v) is 31.1. The first-order valence-corrected chi connectivity index (χ1v) is 20.7. The predicted octanol–water partition coefficient (Wildman–Crippen LogP) is 7.69. The van der Waals surface area contributed by atoms with Crippen molar-refractivity contribution in [3.8, 4) is 0 Å². The molecular weight excluding hydrogens is 607 g/mol. The average molecular weight is 664 g/mol. The second-order valence-electron chi connectivity index (χ2n) is 16.4. The van der Waals surface area contributed by atoms with Gasteiger partial charge in [0.15, 0.2) is 0 Å². The van der Waals surface area contributed by atoms with Gasteiger partial charge in [0.2, 0.25) is 5.91 Å². The van der Waals surface area contributed by atoms with Crippen molar-refractivity contribution >= 4 is 36.0 Å². The number of anilines is 2. The van der Waals surface area contributed by atoms with E-state index in [1.807, 2.05) is 0 Å². The van der Waals surface area contributed by atoms with E-state index in [-0.39, 0.29) is 16.6 Å². The summed E-state index contributed by atoms with van der Waals surface area (Å²) in [5, 5.41) is 2.62. The molecule has 4 fully saturated rings. The lowest BCUT2D eigenvalue weighted by Gasteiger charge is -2.47. The molecule has 0 aromatic heterocycles. The topological polar surface area (TPSA) is 36.0 Å². The second-order valence-corrected chi connectivity index (χ2v) is 20.6. The molecule has 1 aliphatic carbocycles. The third-order valence-corrected chi connectivity index (χ3v) is 17.6. The highest BCUT2D eigenvalue weighted by Crippen LogP contribution is 2.49. The van der Waals surface area contributed by atoms with Crippen molar-refractivity contribution in [1.82, 2.24) is 4.90 Å². The molecule has 0 bridgehead atoms. The predicted molar refractivity (Wildman–Crippen MR) is 202 cm³/mol. The van der Waals surface area contributed by atoms with E-state index < -0.39 is 8.32 Å². The third-order valence-electron chi connectivity index (χ3n) is 12.5. The minimum absolute atomic E-state index is 0.0448. The number of aryl methyl sites for hydroxylation is 1. The van der Waals surface area contributed by atoms with Crippen LogP contribution in [0.1, 0.15) is 91.0 Å². The van der Waals surface area contributed by atoms with Crippen molar-refractivity contribution in [2.75, 3.05) is 36.0 Å². The molecule has 1 amide bonds. The quantitative estimate of drug-likeness (QED) is 0.243. The van der Waals surface area contributed by atoms with Gasteiger partial charge in [0.1, 0.15) is 0 Å². The van der Waals surface area contributed by atoms with Crippen LogP contribution in [-0.2, 0) is 9.22 Å². The Kier molecular flexibility index (Phi) is 9.38. The van der Waals surface area contributed by atoms with Crippen LogP contribution in [0.4, 0.5) is 11.4 Å². The third kappa shape index (κ3) is 6.07. The number of piperidine rings is 1. The molecule has 256 valence electrons. The lowest BCUT2D eigenvalue weighted by atomic mass is 9.72. The van der Waals surface area contributed by atoms with Crippen LogP contribution in [0.3, 0.4) is 0 Å². The highest BCUT2D eigenvalue weighted by atomic mass is 28.4. The lowest BCUT2D eigenvalue weighted by molar-refractivity contribution is -0.128. The van der Waals surface area contributed by atoms with Crippen molar-refractivity contribution in [1.29, 1.82) is 0 Å². The van der Waals surface area contributed by atoms with Gasteiger partial charge in [0.25, 0.3) is 8.32 Å². The molecule has 7 rings (SSSR count). The van der Waals surface area contributed by atoms with E-state index in [1.165, 1.54) is 53.9 Å². The summed E-state index contributed by atoms with van der Waals surface area (Å²) in [5.74, 6) is 0.336. The zero-order chi connectivity index (χ0) is 33.5. The van der Waals surface area contributed by atoms with Crippen molar-refractivity contribution in [2.45, 2.75) is 116 Å². The number of hydrogen-bond donors (Lipinski definition) is 0. The summed E-state index contributed by atoms with van der Waals surface area (Å²) < 4.78 is 7.50. The Morgan fingerprint density at radius 3 is 1.94 bits per heavy atom.